The van der Waals surface area contributed by atoms with Gasteiger partial charge in [-0.3, -0.25) is 9.59 Å². The molecule has 1 aromatic rings. The highest BCUT2D eigenvalue weighted by molar-refractivity contribution is 5.83. The number of carbonyl (C=O) groups excluding carboxylic acids is 2. The van der Waals surface area contributed by atoms with E-state index in [1.807, 2.05) is 13.8 Å². The second-order valence-electron chi connectivity index (χ2n) is 4.30. The number of aromatic nitrogens is 2. The summed E-state index contributed by atoms with van der Waals surface area (Å²) in [5.41, 5.74) is 10.2. The zero-order valence-electron chi connectivity index (χ0n) is 10.9. The second kappa shape index (κ2) is 6.69. The highest BCUT2D eigenvalue weighted by Crippen LogP contribution is 2.11. The van der Waals surface area contributed by atoms with Crippen molar-refractivity contribution in [3.05, 3.63) is 5.89 Å². The van der Waals surface area contributed by atoms with Gasteiger partial charge in [0.1, 0.15) is 13.1 Å². The first-order valence-electron chi connectivity index (χ1n) is 5.75. The predicted molar refractivity (Wildman–Crippen MR) is 66.9 cm³/mol. The molecular formula is C10H18N6O3. The molecule has 0 saturated carbocycles. The van der Waals surface area contributed by atoms with Crippen LogP contribution in [-0.2, 0) is 16.1 Å². The van der Waals surface area contributed by atoms with E-state index in [-0.39, 0.29) is 25.1 Å². The summed E-state index contributed by atoms with van der Waals surface area (Å²) < 4.78 is 5.32. The Bertz CT molecular complexity index is 428. The highest BCUT2D eigenvalue weighted by Gasteiger charge is 2.18. The monoisotopic (exact) mass is 270 g/mol. The van der Waals surface area contributed by atoms with Crippen LogP contribution in [0, 0.1) is 0 Å². The van der Waals surface area contributed by atoms with Crippen LogP contribution in [0.3, 0.4) is 0 Å². The molecular weight excluding hydrogens is 252 g/mol. The molecule has 106 valence electrons. The van der Waals surface area contributed by atoms with Crippen molar-refractivity contribution in [3.8, 4) is 0 Å². The Hall–Kier alpha value is -2.16. The Morgan fingerprint density at radius 2 is 1.84 bits per heavy atom. The number of primary amides is 2. The van der Waals surface area contributed by atoms with Crippen LogP contribution in [0.2, 0.25) is 0 Å². The maximum absolute atomic E-state index is 10.9. The second-order valence-corrected chi connectivity index (χ2v) is 4.30. The van der Waals surface area contributed by atoms with E-state index in [1.165, 1.54) is 4.90 Å². The SMILES string of the molecule is CC(C)NCc1nnc(N(CC(N)=O)CC(N)=O)o1. The summed E-state index contributed by atoms with van der Waals surface area (Å²) in [5, 5.41) is 10.7. The molecule has 1 heterocycles. The Morgan fingerprint density at radius 1 is 1.26 bits per heavy atom. The fraction of sp³-hybridized carbons (Fsp3) is 0.600. The van der Waals surface area contributed by atoms with E-state index in [0.29, 0.717) is 12.4 Å². The van der Waals surface area contributed by atoms with Crippen molar-refractivity contribution in [3.63, 3.8) is 0 Å². The summed E-state index contributed by atoms with van der Waals surface area (Å²) in [7, 11) is 0. The van der Waals surface area contributed by atoms with E-state index in [0.717, 1.165) is 0 Å². The lowest BCUT2D eigenvalue weighted by molar-refractivity contribution is -0.117. The van der Waals surface area contributed by atoms with Gasteiger partial charge in [0.05, 0.1) is 6.54 Å². The quantitative estimate of drug-likeness (QED) is 0.513. The molecule has 0 atom stereocenters. The van der Waals surface area contributed by atoms with Gasteiger partial charge >= 0.3 is 6.01 Å². The number of rotatable bonds is 8. The molecule has 0 aliphatic rings. The van der Waals surface area contributed by atoms with Crippen LogP contribution >= 0.6 is 0 Å². The van der Waals surface area contributed by atoms with Crippen molar-refractivity contribution < 1.29 is 14.0 Å². The van der Waals surface area contributed by atoms with Crippen LogP contribution in [0.1, 0.15) is 19.7 Å². The van der Waals surface area contributed by atoms with Crippen LogP contribution in [0.25, 0.3) is 0 Å². The zero-order chi connectivity index (χ0) is 14.4. The lowest BCUT2D eigenvalue weighted by Crippen LogP contribution is -2.39. The van der Waals surface area contributed by atoms with Gasteiger partial charge in [-0.15, -0.1) is 5.10 Å². The van der Waals surface area contributed by atoms with Crippen LogP contribution in [0.15, 0.2) is 4.42 Å². The van der Waals surface area contributed by atoms with E-state index >= 15 is 0 Å². The van der Waals surface area contributed by atoms with E-state index < -0.39 is 11.8 Å². The lowest BCUT2D eigenvalue weighted by atomic mass is 10.4. The molecule has 9 heteroatoms. The minimum atomic E-state index is -0.624. The van der Waals surface area contributed by atoms with Gasteiger partial charge in [0.2, 0.25) is 17.7 Å². The molecule has 0 spiro atoms. The summed E-state index contributed by atoms with van der Waals surface area (Å²) in [6, 6.07) is 0.306. The molecule has 0 radical (unpaired) electrons. The predicted octanol–water partition coefficient (Wildman–Crippen LogP) is -1.66. The van der Waals surface area contributed by atoms with E-state index in [1.54, 1.807) is 0 Å². The summed E-state index contributed by atoms with van der Waals surface area (Å²) in [5.74, 6) is -0.898. The molecule has 1 aromatic heterocycles. The van der Waals surface area contributed by atoms with Gasteiger partial charge in [-0.05, 0) is 0 Å². The molecule has 9 nitrogen and oxygen atoms in total. The standard InChI is InChI=1S/C10H18N6O3/c1-6(2)13-3-9-14-15-10(19-9)16(4-7(11)17)5-8(12)18/h6,13H,3-5H2,1-2H3,(H2,11,17)(H2,12,18). The Kier molecular flexibility index (Phi) is 5.24. The molecule has 0 aliphatic heterocycles. The van der Waals surface area contributed by atoms with Crippen molar-refractivity contribution >= 4 is 17.8 Å². The van der Waals surface area contributed by atoms with Crippen LogP contribution in [-0.4, -0.2) is 41.1 Å². The molecule has 0 bridgehead atoms. The third-order valence-corrected chi connectivity index (χ3v) is 2.08. The van der Waals surface area contributed by atoms with Crippen molar-refractivity contribution in [2.45, 2.75) is 26.4 Å². The minimum absolute atomic E-state index is 0.0400. The third-order valence-electron chi connectivity index (χ3n) is 2.08. The topological polar surface area (TPSA) is 140 Å². The number of hydrogen-bond donors (Lipinski definition) is 3. The van der Waals surface area contributed by atoms with E-state index in [9.17, 15) is 9.59 Å². The van der Waals surface area contributed by atoms with Crippen molar-refractivity contribution in [1.29, 1.82) is 0 Å². The largest absolute Gasteiger partial charge is 0.407 e. The van der Waals surface area contributed by atoms with Gasteiger partial charge in [0.15, 0.2) is 0 Å². The third kappa shape index (κ3) is 5.34. The van der Waals surface area contributed by atoms with E-state index in [4.69, 9.17) is 15.9 Å². The molecule has 1 rings (SSSR count). The molecule has 0 aromatic carbocycles. The smallest absolute Gasteiger partial charge is 0.319 e. The molecule has 0 aliphatic carbocycles. The van der Waals surface area contributed by atoms with E-state index in [2.05, 4.69) is 15.5 Å². The molecule has 0 unspecified atom stereocenters. The average Bonchev–Trinajstić information content (AvgIpc) is 2.72. The maximum atomic E-state index is 10.9. The number of anilines is 1. The van der Waals surface area contributed by atoms with Gasteiger partial charge < -0.3 is 26.1 Å². The van der Waals surface area contributed by atoms with Gasteiger partial charge in [-0.2, -0.15) is 0 Å². The van der Waals surface area contributed by atoms with Crippen molar-refractivity contribution in [2.75, 3.05) is 18.0 Å². The van der Waals surface area contributed by atoms with Gasteiger partial charge in [0, 0.05) is 6.04 Å². The first-order valence-corrected chi connectivity index (χ1v) is 5.75. The number of amides is 2. The number of nitrogens with one attached hydrogen (secondary N) is 1. The number of nitrogens with two attached hydrogens (primary N) is 2. The Morgan fingerprint density at radius 3 is 2.32 bits per heavy atom. The van der Waals surface area contributed by atoms with Crippen molar-refractivity contribution in [2.24, 2.45) is 11.5 Å². The van der Waals surface area contributed by atoms with Gasteiger partial charge in [0.25, 0.3) is 0 Å². The van der Waals surface area contributed by atoms with Gasteiger partial charge in [-0.25, -0.2) is 0 Å². The first-order chi connectivity index (χ1) is 8.88. The van der Waals surface area contributed by atoms with Crippen molar-refractivity contribution in [1.82, 2.24) is 15.5 Å². The Balaban J connectivity index is 2.73. The number of carbonyl (C=O) groups is 2. The number of hydrogen-bond acceptors (Lipinski definition) is 7. The first kappa shape index (κ1) is 14.9. The summed E-state index contributed by atoms with van der Waals surface area (Å²) in [6.07, 6.45) is 0. The zero-order valence-corrected chi connectivity index (χ0v) is 10.9. The Labute approximate surface area is 110 Å². The fourth-order valence-corrected chi connectivity index (χ4v) is 1.30. The molecule has 0 saturated heterocycles. The molecule has 19 heavy (non-hydrogen) atoms. The summed E-state index contributed by atoms with van der Waals surface area (Å²) in [4.78, 5) is 23.1. The fourth-order valence-electron chi connectivity index (χ4n) is 1.30. The average molecular weight is 270 g/mol. The minimum Gasteiger partial charge on any atom is -0.407 e. The van der Waals surface area contributed by atoms with Gasteiger partial charge in [-0.1, -0.05) is 18.9 Å². The highest BCUT2D eigenvalue weighted by atomic mass is 16.4. The molecule has 0 fully saturated rings. The number of nitrogens with zero attached hydrogens (tertiary/aromatic N) is 3. The van der Waals surface area contributed by atoms with Crippen LogP contribution in [0.5, 0.6) is 0 Å². The van der Waals surface area contributed by atoms with Crippen LogP contribution < -0.4 is 21.7 Å². The lowest BCUT2D eigenvalue weighted by Gasteiger charge is -2.15. The maximum Gasteiger partial charge on any atom is 0.319 e. The summed E-state index contributed by atoms with van der Waals surface area (Å²) in [6.45, 7) is 3.91. The molecule has 5 N–H and O–H groups in total. The molecule has 2 amide bonds. The summed E-state index contributed by atoms with van der Waals surface area (Å²) >= 11 is 0. The van der Waals surface area contributed by atoms with Crippen LogP contribution in [0.4, 0.5) is 6.01 Å². The normalized spacial score (nSPS) is 10.7.